The van der Waals surface area contributed by atoms with Gasteiger partial charge in [0.05, 0.1) is 10.2 Å². The third kappa shape index (κ3) is 5.85. The zero-order valence-electron chi connectivity index (χ0n) is 18.7. The molecule has 1 fully saturated rings. The number of imide groups is 2. The number of halogens is 2. The van der Waals surface area contributed by atoms with Crippen molar-refractivity contribution in [2.24, 2.45) is 0 Å². The number of hydrogen-bond acceptors (Lipinski definition) is 5. The van der Waals surface area contributed by atoms with Crippen LogP contribution in [0.3, 0.4) is 0 Å². The van der Waals surface area contributed by atoms with Crippen LogP contribution in [0, 0.1) is 12.3 Å². The van der Waals surface area contributed by atoms with Crippen molar-refractivity contribution >= 4 is 61.5 Å². The number of hydrogen-bond donors (Lipinski definition) is 1. The fourth-order valence-corrected chi connectivity index (χ4v) is 4.12. The largest absolute Gasteiger partial charge is 0.489 e. The molecular formula is C27H18Br2N2O5. The highest BCUT2D eigenvalue weighted by molar-refractivity contribution is 9.10. The van der Waals surface area contributed by atoms with Gasteiger partial charge in [-0.2, -0.15) is 0 Å². The molecule has 1 aliphatic rings. The van der Waals surface area contributed by atoms with Gasteiger partial charge in [-0.3, -0.25) is 14.9 Å². The van der Waals surface area contributed by atoms with Crippen LogP contribution < -0.4 is 19.7 Å². The van der Waals surface area contributed by atoms with Gasteiger partial charge in [-0.15, -0.1) is 6.42 Å². The summed E-state index contributed by atoms with van der Waals surface area (Å²) in [6, 6.07) is 18.4. The number of rotatable bonds is 7. The minimum atomic E-state index is -0.829. The molecule has 4 rings (SSSR count). The number of ether oxygens (including phenoxy) is 2. The fourth-order valence-electron chi connectivity index (χ4n) is 3.34. The maximum Gasteiger partial charge on any atom is 0.335 e. The molecule has 0 atom stereocenters. The Morgan fingerprint density at radius 2 is 1.67 bits per heavy atom. The molecule has 1 N–H and O–H groups in total. The van der Waals surface area contributed by atoms with Crippen LogP contribution in [0.2, 0.25) is 0 Å². The summed E-state index contributed by atoms with van der Waals surface area (Å²) in [5.41, 5.74) is 1.66. The second-order valence-electron chi connectivity index (χ2n) is 7.55. The molecular weight excluding hydrogens is 592 g/mol. The second kappa shape index (κ2) is 11.2. The first-order chi connectivity index (χ1) is 17.4. The van der Waals surface area contributed by atoms with Crippen LogP contribution in [0.1, 0.15) is 11.1 Å². The van der Waals surface area contributed by atoms with E-state index < -0.39 is 17.8 Å². The first kappa shape index (κ1) is 25.2. The van der Waals surface area contributed by atoms with E-state index in [1.54, 1.807) is 42.5 Å². The number of nitrogens with zero attached hydrogens (tertiary/aromatic N) is 1. The van der Waals surface area contributed by atoms with E-state index >= 15 is 0 Å². The Bertz CT molecular complexity index is 1390. The third-order valence-corrected chi connectivity index (χ3v) is 6.24. The molecule has 0 unspecified atom stereocenters. The molecule has 3 aromatic carbocycles. The zero-order valence-corrected chi connectivity index (χ0v) is 21.8. The number of anilines is 1. The number of carbonyl (C=O) groups excluding carboxylic acids is 3. The summed E-state index contributed by atoms with van der Waals surface area (Å²) in [7, 11) is 0. The summed E-state index contributed by atoms with van der Waals surface area (Å²) in [5, 5.41) is 2.21. The van der Waals surface area contributed by atoms with Gasteiger partial charge in [0, 0.05) is 4.47 Å². The summed E-state index contributed by atoms with van der Waals surface area (Å²) < 4.78 is 12.8. The highest BCUT2D eigenvalue weighted by Gasteiger charge is 2.36. The number of amides is 4. The Hall–Kier alpha value is -3.87. The van der Waals surface area contributed by atoms with Crippen LogP contribution in [-0.4, -0.2) is 24.5 Å². The summed E-state index contributed by atoms with van der Waals surface area (Å²) in [6.07, 6.45) is 6.62. The van der Waals surface area contributed by atoms with Crippen molar-refractivity contribution in [1.82, 2.24) is 5.32 Å². The highest BCUT2D eigenvalue weighted by atomic mass is 79.9. The molecule has 0 spiro atoms. The maximum absolute atomic E-state index is 13.1. The quantitative estimate of drug-likeness (QED) is 0.218. The lowest BCUT2D eigenvalue weighted by molar-refractivity contribution is -0.122. The van der Waals surface area contributed by atoms with Crippen LogP contribution in [0.4, 0.5) is 10.5 Å². The average molecular weight is 610 g/mol. The van der Waals surface area contributed by atoms with E-state index in [-0.39, 0.29) is 12.2 Å². The molecule has 4 amide bonds. The van der Waals surface area contributed by atoms with Crippen LogP contribution in [0.15, 0.2) is 81.2 Å². The SMILES string of the molecule is C#CCOc1ccc(/C=C2\C(=O)NC(=O)N(c3ccc(OCc4ccc(Br)cc4)cc3)C2=O)cc1Br. The van der Waals surface area contributed by atoms with Gasteiger partial charge in [0.2, 0.25) is 0 Å². The van der Waals surface area contributed by atoms with Crippen molar-refractivity contribution in [2.75, 3.05) is 11.5 Å². The van der Waals surface area contributed by atoms with Gasteiger partial charge in [-0.05, 0) is 81.7 Å². The van der Waals surface area contributed by atoms with Crippen LogP contribution in [-0.2, 0) is 16.2 Å². The van der Waals surface area contributed by atoms with E-state index in [1.807, 2.05) is 24.3 Å². The van der Waals surface area contributed by atoms with E-state index in [9.17, 15) is 14.4 Å². The number of nitrogens with one attached hydrogen (secondary N) is 1. The molecule has 180 valence electrons. The Morgan fingerprint density at radius 3 is 2.33 bits per heavy atom. The van der Waals surface area contributed by atoms with E-state index in [4.69, 9.17) is 15.9 Å². The first-order valence-electron chi connectivity index (χ1n) is 10.6. The summed E-state index contributed by atoms with van der Waals surface area (Å²) in [5.74, 6) is 1.95. The summed E-state index contributed by atoms with van der Waals surface area (Å²) >= 11 is 6.77. The molecule has 1 aliphatic heterocycles. The maximum atomic E-state index is 13.1. The molecule has 1 saturated heterocycles. The van der Waals surface area contributed by atoms with Crippen molar-refractivity contribution < 1.29 is 23.9 Å². The highest BCUT2D eigenvalue weighted by Crippen LogP contribution is 2.29. The predicted molar refractivity (Wildman–Crippen MR) is 142 cm³/mol. The van der Waals surface area contributed by atoms with E-state index in [0.29, 0.717) is 33.8 Å². The smallest absolute Gasteiger partial charge is 0.335 e. The van der Waals surface area contributed by atoms with Crippen molar-refractivity contribution in [1.29, 1.82) is 0 Å². The molecule has 0 saturated carbocycles. The van der Waals surface area contributed by atoms with Gasteiger partial charge >= 0.3 is 6.03 Å². The van der Waals surface area contributed by atoms with Gasteiger partial charge in [-0.25, -0.2) is 9.69 Å². The molecule has 36 heavy (non-hydrogen) atoms. The predicted octanol–water partition coefficient (Wildman–Crippen LogP) is 5.47. The Labute approximate surface area is 224 Å². The van der Waals surface area contributed by atoms with Crippen molar-refractivity contribution in [3.05, 3.63) is 92.4 Å². The van der Waals surface area contributed by atoms with Crippen molar-refractivity contribution in [2.45, 2.75) is 6.61 Å². The lowest BCUT2D eigenvalue weighted by Gasteiger charge is -2.26. The van der Waals surface area contributed by atoms with Crippen molar-refractivity contribution in [3.8, 4) is 23.8 Å². The first-order valence-corrected chi connectivity index (χ1v) is 12.2. The third-order valence-electron chi connectivity index (χ3n) is 5.09. The second-order valence-corrected chi connectivity index (χ2v) is 9.32. The van der Waals surface area contributed by atoms with Gasteiger partial charge < -0.3 is 9.47 Å². The summed E-state index contributed by atoms with van der Waals surface area (Å²) in [4.78, 5) is 39.0. The Balaban J connectivity index is 1.51. The molecule has 0 aromatic heterocycles. The van der Waals surface area contributed by atoms with E-state index in [2.05, 4.69) is 43.1 Å². The molecule has 0 bridgehead atoms. The lowest BCUT2D eigenvalue weighted by atomic mass is 10.1. The van der Waals surface area contributed by atoms with Gasteiger partial charge in [0.25, 0.3) is 11.8 Å². The average Bonchev–Trinajstić information content (AvgIpc) is 2.86. The molecule has 0 radical (unpaired) electrons. The number of urea groups is 1. The zero-order chi connectivity index (χ0) is 25.7. The topological polar surface area (TPSA) is 84.9 Å². The molecule has 3 aromatic rings. The fraction of sp³-hybridized carbons (Fsp3) is 0.0741. The Morgan fingerprint density at radius 1 is 0.944 bits per heavy atom. The molecule has 1 heterocycles. The van der Waals surface area contributed by atoms with Crippen LogP contribution >= 0.6 is 31.9 Å². The van der Waals surface area contributed by atoms with E-state index in [0.717, 1.165) is 14.9 Å². The number of carbonyl (C=O) groups is 3. The standard InChI is InChI=1S/C27H18Br2N2O5/c1-2-13-35-24-12-5-18(15-23(24)29)14-22-25(32)30-27(34)31(26(22)33)20-8-10-21(11-9-20)36-16-17-3-6-19(28)7-4-17/h1,3-12,14-15H,13,16H2,(H,30,32,34)/b22-14+. The molecule has 0 aliphatic carbocycles. The minimum Gasteiger partial charge on any atom is -0.489 e. The normalized spacial score (nSPS) is 14.4. The number of benzene rings is 3. The van der Waals surface area contributed by atoms with Crippen LogP contribution in [0.5, 0.6) is 11.5 Å². The van der Waals surface area contributed by atoms with Gasteiger partial charge in [0.1, 0.15) is 30.3 Å². The van der Waals surface area contributed by atoms with Crippen molar-refractivity contribution in [3.63, 3.8) is 0 Å². The summed E-state index contributed by atoms with van der Waals surface area (Å²) in [6.45, 7) is 0.463. The van der Waals surface area contributed by atoms with E-state index in [1.165, 1.54) is 6.08 Å². The van der Waals surface area contributed by atoms with Gasteiger partial charge in [-0.1, -0.05) is 40.0 Å². The number of terminal acetylenes is 1. The van der Waals surface area contributed by atoms with Crippen LogP contribution in [0.25, 0.3) is 6.08 Å². The number of barbiturate groups is 1. The Kier molecular flexibility index (Phi) is 7.88. The lowest BCUT2D eigenvalue weighted by Crippen LogP contribution is -2.54. The monoisotopic (exact) mass is 608 g/mol. The molecule has 9 heteroatoms. The molecule has 7 nitrogen and oxygen atoms in total. The van der Waals surface area contributed by atoms with Gasteiger partial charge in [0.15, 0.2) is 0 Å². The minimum absolute atomic E-state index is 0.102.